The number of nitrogens with one attached hydrogen (secondary N) is 1. The Hall–Kier alpha value is -1.89. The van der Waals surface area contributed by atoms with Crippen molar-refractivity contribution in [2.45, 2.75) is 38.5 Å². The van der Waals surface area contributed by atoms with E-state index in [2.05, 4.69) is 34.0 Å². The monoisotopic (exact) mass is 324 g/mol. The molecule has 1 atom stereocenters. The Morgan fingerprint density at radius 2 is 1.96 bits per heavy atom. The molecular formula is C16H19F3N4. The van der Waals surface area contributed by atoms with Gasteiger partial charge >= 0.3 is 6.18 Å². The highest BCUT2D eigenvalue weighted by Crippen LogP contribution is 2.31. The van der Waals surface area contributed by atoms with Gasteiger partial charge in [-0.3, -0.25) is 4.90 Å². The summed E-state index contributed by atoms with van der Waals surface area (Å²) in [5, 5.41) is 3.80. The van der Waals surface area contributed by atoms with Crippen molar-refractivity contribution >= 4 is 16.7 Å². The summed E-state index contributed by atoms with van der Waals surface area (Å²) in [5.74, 6) is -0.837. The summed E-state index contributed by atoms with van der Waals surface area (Å²) in [6.07, 6.45) is -3.67. The smallest absolute Gasteiger partial charge is 0.365 e. The lowest BCUT2D eigenvalue weighted by Gasteiger charge is -2.21. The Morgan fingerprint density at radius 1 is 1.22 bits per heavy atom. The lowest BCUT2D eigenvalue weighted by Crippen LogP contribution is -2.31. The predicted octanol–water partition coefficient (Wildman–Crippen LogP) is 3.54. The van der Waals surface area contributed by atoms with Gasteiger partial charge < -0.3 is 5.32 Å². The van der Waals surface area contributed by atoms with E-state index in [0.717, 1.165) is 19.5 Å². The molecule has 1 N–H and O–H groups in total. The van der Waals surface area contributed by atoms with Crippen molar-refractivity contribution in [3.8, 4) is 0 Å². The molecule has 0 spiro atoms. The number of likely N-dealkylation sites (tertiary alicyclic amines) is 1. The van der Waals surface area contributed by atoms with Crippen molar-refractivity contribution in [2.75, 3.05) is 18.4 Å². The predicted molar refractivity (Wildman–Crippen MR) is 83.3 cm³/mol. The number of hydrogen-bond donors (Lipinski definition) is 1. The highest BCUT2D eigenvalue weighted by Gasteiger charge is 2.36. The fourth-order valence-corrected chi connectivity index (χ4v) is 2.88. The van der Waals surface area contributed by atoms with Crippen LogP contribution in [0.1, 0.15) is 26.1 Å². The van der Waals surface area contributed by atoms with Gasteiger partial charge in [0.1, 0.15) is 5.82 Å². The second-order valence-electron chi connectivity index (χ2n) is 6.13. The lowest BCUT2D eigenvalue weighted by molar-refractivity contribution is -0.144. The zero-order chi connectivity index (χ0) is 16.6. The Labute approximate surface area is 132 Å². The molecule has 3 rings (SSSR count). The van der Waals surface area contributed by atoms with Gasteiger partial charge in [0.05, 0.1) is 5.52 Å². The maximum absolute atomic E-state index is 13.0. The molecule has 2 aromatic rings. The minimum absolute atomic E-state index is 0.0942. The molecule has 0 bridgehead atoms. The number of alkyl halides is 3. The van der Waals surface area contributed by atoms with Crippen LogP contribution in [0.2, 0.25) is 0 Å². The third kappa shape index (κ3) is 3.39. The van der Waals surface area contributed by atoms with Crippen LogP contribution in [0.4, 0.5) is 19.0 Å². The van der Waals surface area contributed by atoms with Crippen LogP contribution in [0.5, 0.6) is 0 Å². The SMILES string of the molecule is CC(C)N1CCC(Nc2nc(C(F)(F)F)nc3ccccc23)C1. The van der Waals surface area contributed by atoms with Gasteiger partial charge in [0.15, 0.2) is 0 Å². The van der Waals surface area contributed by atoms with Crippen LogP contribution in [0.15, 0.2) is 24.3 Å². The highest BCUT2D eigenvalue weighted by molar-refractivity contribution is 5.89. The minimum Gasteiger partial charge on any atom is -0.365 e. The van der Waals surface area contributed by atoms with Crippen LogP contribution in [-0.4, -0.2) is 40.0 Å². The molecule has 7 heteroatoms. The van der Waals surface area contributed by atoms with Gasteiger partial charge in [0, 0.05) is 30.6 Å². The van der Waals surface area contributed by atoms with Gasteiger partial charge in [-0.15, -0.1) is 0 Å². The highest BCUT2D eigenvalue weighted by atomic mass is 19.4. The van der Waals surface area contributed by atoms with Crippen molar-refractivity contribution < 1.29 is 13.2 Å². The number of halogens is 3. The number of para-hydroxylation sites is 1. The molecule has 23 heavy (non-hydrogen) atoms. The Bertz CT molecular complexity index is 699. The summed E-state index contributed by atoms with van der Waals surface area (Å²) >= 11 is 0. The van der Waals surface area contributed by atoms with Crippen molar-refractivity contribution in [3.05, 3.63) is 30.1 Å². The third-order valence-corrected chi connectivity index (χ3v) is 4.15. The molecule has 4 nitrogen and oxygen atoms in total. The molecule has 124 valence electrons. The van der Waals surface area contributed by atoms with Crippen molar-refractivity contribution in [1.82, 2.24) is 14.9 Å². The standard InChI is InChI=1S/C16H19F3N4/c1-10(2)23-8-7-11(9-23)20-14-12-5-3-4-6-13(12)21-15(22-14)16(17,18)19/h3-6,10-11H,7-9H2,1-2H3,(H,20,21,22). The number of anilines is 1. The number of hydrogen-bond acceptors (Lipinski definition) is 4. The minimum atomic E-state index is -4.56. The zero-order valence-electron chi connectivity index (χ0n) is 13.1. The molecule has 0 radical (unpaired) electrons. The van der Waals surface area contributed by atoms with E-state index < -0.39 is 12.0 Å². The van der Waals surface area contributed by atoms with E-state index >= 15 is 0 Å². The molecule has 1 aliphatic rings. The van der Waals surface area contributed by atoms with E-state index in [0.29, 0.717) is 16.9 Å². The Morgan fingerprint density at radius 3 is 2.61 bits per heavy atom. The van der Waals surface area contributed by atoms with Gasteiger partial charge in [-0.25, -0.2) is 9.97 Å². The van der Waals surface area contributed by atoms with Gasteiger partial charge in [0.2, 0.25) is 5.82 Å². The van der Waals surface area contributed by atoms with Crippen LogP contribution < -0.4 is 5.32 Å². The largest absolute Gasteiger partial charge is 0.451 e. The Kier molecular flexibility index (Phi) is 4.14. The molecule has 1 aliphatic heterocycles. The summed E-state index contributed by atoms with van der Waals surface area (Å²) in [6.45, 7) is 5.97. The number of aromatic nitrogens is 2. The van der Waals surface area contributed by atoms with E-state index in [1.54, 1.807) is 24.3 Å². The van der Waals surface area contributed by atoms with Gasteiger partial charge in [0.25, 0.3) is 0 Å². The second-order valence-corrected chi connectivity index (χ2v) is 6.13. The topological polar surface area (TPSA) is 41.0 Å². The van der Waals surface area contributed by atoms with Crippen LogP contribution >= 0.6 is 0 Å². The molecular weight excluding hydrogens is 305 g/mol. The average Bonchev–Trinajstić information content (AvgIpc) is 2.95. The molecule has 1 saturated heterocycles. The molecule has 1 unspecified atom stereocenters. The van der Waals surface area contributed by atoms with Crippen LogP contribution in [0, 0.1) is 0 Å². The van der Waals surface area contributed by atoms with E-state index in [9.17, 15) is 13.2 Å². The van der Waals surface area contributed by atoms with E-state index in [4.69, 9.17) is 0 Å². The first kappa shape index (κ1) is 16.0. The molecule has 0 saturated carbocycles. The first-order valence-electron chi connectivity index (χ1n) is 7.69. The first-order chi connectivity index (χ1) is 10.8. The Balaban J connectivity index is 1.93. The lowest BCUT2D eigenvalue weighted by atomic mass is 10.2. The summed E-state index contributed by atoms with van der Waals surface area (Å²) in [5.41, 5.74) is 0.302. The summed E-state index contributed by atoms with van der Waals surface area (Å²) < 4.78 is 39.0. The number of nitrogens with zero attached hydrogens (tertiary/aromatic N) is 3. The number of fused-ring (bicyclic) bond motifs is 1. The average molecular weight is 324 g/mol. The maximum Gasteiger partial charge on any atom is 0.451 e. The van der Waals surface area contributed by atoms with E-state index in [-0.39, 0.29) is 11.9 Å². The zero-order valence-corrected chi connectivity index (χ0v) is 13.1. The number of rotatable bonds is 3. The van der Waals surface area contributed by atoms with E-state index in [1.165, 1.54) is 0 Å². The fraction of sp³-hybridized carbons (Fsp3) is 0.500. The quantitative estimate of drug-likeness (QED) is 0.937. The van der Waals surface area contributed by atoms with Gasteiger partial charge in [-0.05, 0) is 32.4 Å². The second kappa shape index (κ2) is 5.96. The normalized spacial score (nSPS) is 19.7. The molecule has 1 aromatic heterocycles. The van der Waals surface area contributed by atoms with E-state index in [1.807, 2.05) is 0 Å². The molecule has 1 aromatic carbocycles. The summed E-state index contributed by atoms with van der Waals surface area (Å²) in [4.78, 5) is 9.68. The number of benzene rings is 1. The third-order valence-electron chi connectivity index (χ3n) is 4.15. The molecule has 0 aliphatic carbocycles. The fourth-order valence-electron chi connectivity index (χ4n) is 2.88. The summed E-state index contributed by atoms with van der Waals surface area (Å²) in [6, 6.07) is 7.29. The van der Waals surface area contributed by atoms with Crippen molar-refractivity contribution in [2.24, 2.45) is 0 Å². The van der Waals surface area contributed by atoms with Crippen LogP contribution in [-0.2, 0) is 6.18 Å². The summed E-state index contributed by atoms with van der Waals surface area (Å²) in [7, 11) is 0. The molecule has 2 heterocycles. The molecule has 1 fully saturated rings. The van der Waals surface area contributed by atoms with Crippen LogP contribution in [0.25, 0.3) is 10.9 Å². The molecule has 0 amide bonds. The van der Waals surface area contributed by atoms with Gasteiger partial charge in [-0.1, -0.05) is 12.1 Å². The van der Waals surface area contributed by atoms with Crippen molar-refractivity contribution in [3.63, 3.8) is 0 Å². The maximum atomic E-state index is 13.0. The first-order valence-corrected chi connectivity index (χ1v) is 7.69. The van der Waals surface area contributed by atoms with Crippen molar-refractivity contribution in [1.29, 1.82) is 0 Å². The van der Waals surface area contributed by atoms with Crippen LogP contribution in [0.3, 0.4) is 0 Å². The van der Waals surface area contributed by atoms with Gasteiger partial charge in [-0.2, -0.15) is 13.2 Å².